The number of benzene rings is 1. The number of nitriles is 1. The highest BCUT2D eigenvalue weighted by Crippen LogP contribution is 2.29. The second kappa shape index (κ2) is 9.99. The maximum atomic E-state index is 12.5. The van der Waals surface area contributed by atoms with Crippen molar-refractivity contribution in [2.75, 3.05) is 31.0 Å². The fraction of sp³-hybridized carbons (Fsp3) is 0.500. The number of carbonyl (C=O) groups excluding carboxylic acids is 1. The highest BCUT2D eigenvalue weighted by molar-refractivity contribution is 6.63. The third kappa shape index (κ3) is 5.32. The third-order valence-corrected chi connectivity index (χ3v) is 6.20. The number of ether oxygens (including phenoxy) is 1. The van der Waals surface area contributed by atoms with Crippen LogP contribution in [0.25, 0.3) is 0 Å². The normalized spacial score (nSPS) is 21.6. The molecular formula is C24H30BN5O4. The molecule has 2 heterocycles. The molecule has 9 nitrogen and oxygen atoms in total. The molecule has 2 aromatic rings. The smallest absolute Gasteiger partial charge is 0.465 e. The molecule has 10 heteroatoms. The molecule has 1 aliphatic carbocycles. The number of hydrogen-bond donors (Lipinski definition) is 2. The van der Waals surface area contributed by atoms with E-state index in [9.17, 15) is 10.1 Å². The van der Waals surface area contributed by atoms with Crippen LogP contribution in [0.5, 0.6) is 0 Å². The zero-order valence-electron chi connectivity index (χ0n) is 20.1. The molecule has 2 N–H and O–H groups in total. The van der Waals surface area contributed by atoms with Gasteiger partial charge in [0.05, 0.1) is 24.7 Å². The Balaban J connectivity index is 1.55. The van der Waals surface area contributed by atoms with E-state index in [0.29, 0.717) is 41.7 Å². The number of carbonyl (C=O) groups is 1. The first-order valence-corrected chi connectivity index (χ1v) is 11.5. The molecule has 0 spiro atoms. The van der Waals surface area contributed by atoms with Crippen LogP contribution in [0, 0.1) is 29.6 Å². The molecule has 1 aliphatic heterocycles. The number of methoxy groups -OCH3 is 1. The van der Waals surface area contributed by atoms with Gasteiger partial charge in [-0.3, -0.25) is 0 Å². The van der Waals surface area contributed by atoms with Crippen LogP contribution >= 0.6 is 0 Å². The topological polar surface area (TPSA) is 118 Å². The van der Waals surface area contributed by atoms with Crippen molar-refractivity contribution in [3.8, 4) is 6.07 Å². The van der Waals surface area contributed by atoms with Crippen LogP contribution in [0.1, 0.15) is 49.0 Å². The molecule has 178 valence electrons. The predicted molar refractivity (Wildman–Crippen MR) is 129 cm³/mol. The van der Waals surface area contributed by atoms with Gasteiger partial charge < -0.3 is 24.7 Å². The average Bonchev–Trinajstić information content (AvgIpc) is 3.28. The number of hydrogen-bond acceptors (Lipinski definition) is 9. The van der Waals surface area contributed by atoms with Gasteiger partial charge in [0.1, 0.15) is 5.82 Å². The molecule has 2 fully saturated rings. The summed E-state index contributed by atoms with van der Waals surface area (Å²) in [7, 11) is 0.707. The predicted octanol–water partition coefficient (Wildman–Crippen LogP) is 3.19. The summed E-state index contributed by atoms with van der Waals surface area (Å²) in [5, 5.41) is 16.0. The summed E-state index contributed by atoms with van der Waals surface area (Å²) >= 11 is 0. The third-order valence-electron chi connectivity index (χ3n) is 6.20. The summed E-state index contributed by atoms with van der Waals surface area (Å²) in [6, 6.07) is 7.77. The lowest BCUT2D eigenvalue weighted by molar-refractivity contribution is 0.0340. The van der Waals surface area contributed by atoms with E-state index in [1.165, 1.54) is 7.11 Å². The zero-order chi connectivity index (χ0) is 24.3. The van der Waals surface area contributed by atoms with Crippen molar-refractivity contribution in [1.29, 1.82) is 5.26 Å². The van der Waals surface area contributed by atoms with Crippen LogP contribution in [0.4, 0.5) is 17.5 Å². The standard InChI is InChI=1S/C24H30BN5O4/c1-15-12-27-23(30-21(15)29-20-7-5-6-16(20)11-26)28-17-8-9-19(18(10-17)22(31)32-4)25-33-13-24(2,3)14-34-25/h8-10,12,16,20H,5-7,13-14H2,1-4H3,(H2,27,28,29,30)/t16-,20+/m0/s1. The summed E-state index contributed by atoms with van der Waals surface area (Å²) in [5.41, 5.74) is 2.42. The molecule has 1 aromatic carbocycles. The van der Waals surface area contributed by atoms with E-state index < -0.39 is 13.1 Å². The molecule has 0 bridgehead atoms. The van der Waals surface area contributed by atoms with Gasteiger partial charge in [-0.2, -0.15) is 10.2 Å². The molecule has 0 amide bonds. The lowest BCUT2D eigenvalue weighted by Crippen LogP contribution is -2.49. The van der Waals surface area contributed by atoms with Gasteiger partial charge in [-0.25, -0.2) is 9.78 Å². The van der Waals surface area contributed by atoms with Gasteiger partial charge in [0.15, 0.2) is 0 Å². The van der Waals surface area contributed by atoms with E-state index in [0.717, 1.165) is 24.8 Å². The Kier molecular flexibility index (Phi) is 7.05. The number of nitrogens with zero attached hydrogens (tertiary/aromatic N) is 3. The number of aryl methyl sites for hydroxylation is 1. The van der Waals surface area contributed by atoms with E-state index in [1.54, 1.807) is 18.3 Å². The van der Waals surface area contributed by atoms with E-state index in [4.69, 9.17) is 14.0 Å². The van der Waals surface area contributed by atoms with Gasteiger partial charge in [0.2, 0.25) is 5.95 Å². The van der Waals surface area contributed by atoms with Gasteiger partial charge in [0, 0.05) is 42.1 Å². The molecule has 1 saturated heterocycles. The molecule has 2 aliphatic rings. The summed E-state index contributed by atoms with van der Waals surface area (Å²) in [6.07, 6.45) is 4.60. The minimum Gasteiger partial charge on any atom is -0.465 e. The minimum atomic E-state index is -0.637. The van der Waals surface area contributed by atoms with Crippen molar-refractivity contribution < 1.29 is 18.8 Å². The van der Waals surface area contributed by atoms with Crippen LogP contribution in [0.2, 0.25) is 0 Å². The number of anilines is 3. The van der Waals surface area contributed by atoms with Crippen molar-refractivity contribution in [1.82, 2.24) is 9.97 Å². The largest absolute Gasteiger partial charge is 0.494 e. The quantitative estimate of drug-likeness (QED) is 0.492. The Morgan fingerprint density at radius 1 is 1.29 bits per heavy atom. The van der Waals surface area contributed by atoms with Crippen molar-refractivity contribution in [3.05, 3.63) is 35.5 Å². The Bertz CT molecular complexity index is 1090. The number of nitrogens with one attached hydrogen (secondary N) is 2. The first-order chi connectivity index (χ1) is 16.3. The summed E-state index contributed by atoms with van der Waals surface area (Å²) < 4.78 is 16.8. The SMILES string of the molecule is COC(=O)c1cc(Nc2ncc(C)c(N[C@@H]3CCC[C@H]3C#N)n2)ccc1B1OCC(C)(C)CO1. The van der Waals surface area contributed by atoms with E-state index >= 15 is 0 Å². The molecule has 1 saturated carbocycles. The summed E-state index contributed by atoms with van der Waals surface area (Å²) in [5.74, 6) is 0.582. The Labute approximate surface area is 200 Å². The molecule has 4 rings (SSSR count). The zero-order valence-corrected chi connectivity index (χ0v) is 20.1. The first-order valence-electron chi connectivity index (χ1n) is 11.5. The van der Waals surface area contributed by atoms with Crippen LogP contribution < -0.4 is 16.1 Å². The summed E-state index contributed by atoms with van der Waals surface area (Å²) in [6.45, 7) is 7.11. The van der Waals surface area contributed by atoms with Gasteiger partial charge in [0.25, 0.3) is 0 Å². The van der Waals surface area contributed by atoms with Crippen molar-refractivity contribution in [2.24, 2.45) is 11.3 Å². The second-order valence-electron chi connectivity index (χ2n) is 9.68. The Morgan fingerprint density at radius 3 is 2.76 bits per heavy atom. The Hall–Kier alpha value is -3.16. The Morgan fingerprint density at radius 2 is 2.06 bits per heavy atom. The van der Waals surface area contributed by atoms with E-state index in [2.05, 4.69) is 40.5 Å². The number of esters is 1. The minimum absolute atomic E-state index is 0.0178. The molecule has 34 heavy (non-hydrogen) atoms. The highest BCUT2D eigenvalue weighted by atomic mass is 16.6. The van der Waals surface area contributed by atoms with Gasteiger partial charge in [-0.05, 0) is 43.8 Å². The molecule has 1 aromatic heterocycles. The van der Waals surface area contributed by atoms with E-state index in [1.807, 2.05) is 13.0 Å². The molecule has 2 atom stereocenters. The van der Waals surface area contributed by atoms with Gasteiger partial charge in [-0.1, -0.05) is 19.9 Å². The fourth-order valence-electron chi connectivity index (χ4n) is 4.24. The maximum Gasteiger partial charge on any atom is 0.494 e. The molecule has 0 unspecified atom stereocenters. The fourth-order valence-corrected chi connectivity index (χ4v) is 4.24. The maximum absolute atomic E-state index is 12.5. The van der Waals surface area contributed by atoms with E-state index in [-0.39, 0.29) is 17.4 Å². The molecule has 0 radical (unpaired) electrons. The van der Waals surface area contributed by atoms with Gasteiger partial charge in [-0.15, -0.1) is 0 Å². The number of rotatable bonds is 6. The lowest BCUT2D eigenvalue weighted by Gasteiger charge is -2.33. The number of aromatic nitrogens is 2. The van der Waals surface area contributed by atoms with Gasteiger partial charge >= 0.3 is 13.1 Å². The monoisotopic (exact) mass is 463 g/mol. The lowest BCUT2D eigenvalue weighted by atomic mass is 9.73. The molecular weight excluding hydrogens is 433 g/mol. The van der Waals surface area contributed by atoms with Crippen LogP contribution in [-0.2, 0) is 14.0 Å². The van der Waals surface area contributed by atoms with Crippen LogP contribution in [0.3, 0.4) is 0 Å². The highest BCUT2D eigenvalue weighted by Gasteiger charge is 2.36. The van der Waals surface area contributed by atoms with Crippen molar-refractivity contribution in [3.63, 3.8) is 0 Å². The summed E-state index contributed by atoms with van der Waals surface area (Å²) in [4.78, 5) is 21.5. The second-order valence-corrected chi connectivity index (χ2v) is 9.68. The van der Waals surface area contributed by atoms with Crippen molar-refractivity contribution in [2.45, 2.75) is 46.1 Å². The van der Waals surface area contributed by atoms with Crippen LogP contribution in [0.15, 0.2) is 24.4 Å². The van der Waals surface area contributed by atoms with Crippen molar-refractivity contribution >= 4 is 36.0 Å². The first kappa shape index (κ1) is 24.0. The average molecular weight is 463 g/mol. The van der Waals surface area contributed by atoms with Crippen LogP contribution in [-0.4, -0.2) is 49.4 Å².